The highest BCUT2D eigenvalue weighted by molar-refractivity contribution is 7.09. The van der Waals surface area contributed by atoms with E-state index >= 15 is 0 Å². The van der Waals surface area contributed by atoms with E-state index in [1.54, 1.807) is 0 Å². The van der Waals surface area contributed by atoms with Gasteiger partial charge in [-0.25, -0.2) is 10.9 Å². The maximum absolute atomic E-state index is 6.11. The highest BCUT2D eigenvalue weighted by Crippen LogP contribution is 2.26. The Morgan fingerprint density at radius 1 is 1.26 bits per heavy atom. The van der Waals surface area contributed by atoms with E-state index in [0.717, 1.165) is 32.6 Å². The Labute approximate surface area is 121 Å². The van der Waals surface area contributed by atoms with Crippen LogP contribution in [0, 0.1) is 13.8 Å². The zero-order chi connectivity index (χ0) is 13.8. The van der Waals surface area contributed by atoms with E-state index in [1.807, 2.05) is 31.4 Å². The van der Waals surface area contributed by atoms with Gasteiger partial charge in [-0.15, -0.1) is 11.3 Å². The molecule has 102 valence electrons. The van der Waals surface area contributed by atoms with Crippen LogP contribution in [0.1, 0.15) is 21.8 Å². The number of ether oxygens (including phenoxy) is 1. The lowest BCUT2D eigenvalue weighted by molar-refractivity contribution is 0.121. The van der Waals surface area contributed by atoms with Gasteiger partial charge in [0, 0.05) is 10.4 Å². The molecule has 0 atom stereocenters. The van der Waals surface area contributed by atoms with Crippen molar-refractivity contribution < 1.29 is 9.57 Å². The van der Waals surface area contributed by atoms with Crippen molar-refractivity contribution in [1.29, 1.82) is 0 Å². The summed E-state index contributed by atoms with van der Waals surface area (Å²) < 4.78 is 5.72. The average Bonchev–Trinajstić information content (AvgIpc) is 2.81. The third-order valence-electron chi connectivity index (χ3n) is 2.60. The van der Waals surface area contributed by atoms with Gasteiger partial charge in [0.05, 0.1) is 5.69 Å². The van der Waals surface area contributed by atoms with Crippen LogP contribution in [0.15, 0.2) is 17.5 Å². The van der Waals surface area contributed by atoms with Gasteiger partial charge in [-0.05, 0) is 37.1 Å². The fourth-order valence-corrected chi connectivity index (χ4v) is 2.50. The first-order valence-electron chi connectivity index (χ1n) is 5.74. The lowest BCUT2D eigenvalue weighted by Gasteiger charge is -2.08. The van der Waals surface area contributed by atoms with Gasteiger partial charge in [0.15, 0.2) is 0 Å². The van der Waals surface area contributed by atoms with Crippen LogP contribution in [0.2, 0.25) is 5.02 Å². The molecule has 1 aromatic heterocycles. The van der Waals surface area contributed by atoms with E-state index in [0.29, 0.717) is 13.2 Å². The second-order valence-electron chi connectivity index (χ2n) is 4.20. The van der Waals surface area contributed by atoms with Crippen molar-refractivity contribution in [2.45, 2.75) is 27.1 Å². The molecule has 1 heterocycles. The fourth-order valence-electron chi connectivity index (χ4n) is 1.70. The van der Waals surface area contributed by atoms with Crippen LogP contribution in [0.5, 0.6) is 5.75 Å². The number of rotatable bonds is 5. The lowest BCUT2D eigenvalue weighted by atomic mass is 10.1. The monoisotopic (exact) mass is 298 g/mol. The summed E-state index contributed by atoms with van der Waals surface area (Å²) in [5.74, 6) is 5.80. The Hall–Kier alpha value is -1.14. The molecule has 0 spiro atoms. The molecule has 19 heavy (non-hydrogen) atoms. The maximum atomic E-state index is 6.11. The van der Waals surface area contributed by atoms with Crippen molar-refractivity contribution >= 4 is 22.9 Å². The molecule has 1 aromatic carbocycles. The highest BCUT2D eigenvalue weighted by atomic mass is 35.5. The summed E-state index contributed by atoms with van der Waals surface area (Å²) in [4.78, 5) is 8.88. The average molecular weight is 299 g/mol. The number of hydrogen-bond donors (Lipinski definition) is 1. The Bertz CT molecular complexity index is 549. The number of thiazole rings is 1. The second kappa shape index (κ2) is 6.34. The van der Waals surface area contributed by atoms with Crippen LogP contribution >= 0.6 is 22.9 Å². The number of aryl methyl sites for hydroxylation is 2. The maximum Gasteiger partial charge on any atom is 0.140 e. The van der Waals surface area contributed by atoms with Crippen LogP contribution < -0.4 is 10.6 Å². The van der Waals surface area contributed by atoms with Gasteiger partial charge in [0.1, 0.15) is 24.0 Å². The van der Waals surface area contributed by atoms with Crippen molar-refractivity contribution in [2.75, 3.05) is 0 Å². The van der Waals surface area contributed by atoms with Crippen molar-refractivity contribution in [2.24, 2.45) is 5.90 Å². The fraction of sp³-hybridized carbons (Fsp3) is 0.308. The van der Waals surface area contributed by atoms with Crippen molar-refractivity contribution in [1.82, 2.24) is 4.98 Å². The van der Waals surface area contributed by atoms with Gasteiger partial charge in [0.25, 0.3) is 0 Å². The molecule has 0 saturated heterocycles. The van der Waals surface area contributed by atoms with E-state index in [9.17, 15) is 0 Å². The predicted molar refractivity (Wildman–Crippen MR) is 76.3 cm³/mol. The standard InChI is InChI=1S/C13H15ClN2O2S/c1-8-3-11(4-9(2)13(8)14)17-6-12-16-10(5-18-15)7-19-12/h3-4,7H,5-6,15H2,1-2H3. The molecule has 0 amide bonds. The number of aromatic nitrogens is 1. The first-order valence-corrected chi connectivity index (χ1v) is 7.00. The molecular formula is C13H15ClN2O2S. The Morgan fingerprint density at radius 3 is 2.58 bits per heavy atom. The van der Waals surface area contributed by atoms with Gasteiger partial charge in [-0.3, -0.25) is 4.84 Å². The Balaban J connectivity index is 2.01. The summed E-state index contributed by atoms with van der Waals surface area (Å²) in [6.45, 7) is 4.66. The minimum atomic E-state index is 0.315. The van der Waals surface area contributed by atoms with Crippen molar-refractivity contribution in [3.05, 3.63) is 44.4 Å². The number of halogens is 1. The van der Waals surface area contributed by atoms with Crippen molar-refractivity contribution in [3.63, 3.8) is 0 Å². The van der Waals surface area contributed by atoms with Crippen LogP contribution in [0.4, 0.5) is 0 Å². The van der Waals surface area contributed by atoms with Gasteiger partial charge >= 0.3 is 0 Å². The molecule has 2 rings (SSSR count). The normalized spacial score (nSPS) is 10.7. The molecule has 0 aliphatic carbocycles. The second-order valence-corrected chi connectivity index (χ2v) is 5.52. The Kier molecular flexibility index (Phi) is 4.76. The minimum absolute atomic E-state index is 0.315. The molecule has 4 nitrogen and oxygen atoms in total. The third kappa shape index (κ3) is 3.67. The molecule has 0 aliphatic heterocycles. The number of nitrogens with zero attached hydrogens (tertiary/aromatic N) is 1. The van der Waals surface area contributed by atoms with Gasteiger partial charge in [0.2, 0.25) is 0 Å². The summed E-state index contributed by atoms with van der Waals surface area (Å²) >= 11 is 7.64. The van der Waals surface area contributed by atoms with Crippen LogP contribution in [0.3, 0.4) is 0 Å². The zero-order valence-electron chi connectivity index (χ0n) is 10.8. The Morgan fingerprint density at radius 2 is 1.95 bits per heavy atom. The smallest absolute Gasteiger partial charge is 0.140 e. The van der Waals surface area contributed by atoms with Gasteiger partial charge in [-0.1, -0.05) is 11.6 Å². The van der Waals surface area contributed by atoms with Gasteiger partial charge < -0.3 is 4.74 Å². The molecule has 6 heteroatoms. The highest BCUT2D eigenvalue weighted by Gasteiger charge is 2.06. The summed E-state index contributed by atoms with van der Waals surface area (Å²) in [5.41, 5.74) is 2.83. The van der Waals surface area contributed by atoms with E-state index in [4.69, 9.17) is 22.2 Å². The van der Waals surface area contributed by atoms with Crippen molar-refractivity contribution in [3.8, 4) is 5.75 Å². The first-order chi connectivity index (χ1) is 9.10. The quantitative estimate of drug-likeness (QED) is 0.860. The van der Waals surface area contributed by atoms with E-state index in [-0.39, 0.29) is 0 Å². The predicted octanol–water partition coefficient (Wildman–Crippen LogP) is 3.38. The topological polar surface area (TPSA) is 57.4 Å². The van der Waals surface area contributed by atoms with Crippen LogP contribution in [-0.2, 0) is 18.1 Å². The molecule has 2 aromatic rings. The zero-order valence-corrected chi connectivity index (χ0v) is 12.3. The molecule has 0 saturated carbocycles. The van der Waals surface area contributed by atoms with E-state index < -0.39 is 0 Å². The molecular weight excluding hydrogens is 284 g/mol. The van der Waals surface area contributed by atoms with E-state index in [2.05, 4.69) is 9.82 Å². The first kappa shape index (κ1) is 14.3. The number of nitrogens with two attached hydrogens (primary N) is 1. The molecule has 0 aliphatic rings. The SMILES string of the molecule is Cc1cc(OCc2nc(CON)cs2)cc(C)c1Cl. The summed E-state index contributed by atoms with van der Waals surface area (Å²) in [6, 6.07) is 3.85. The largest absolute Gasteiger partial charge is 0.486 e. The third-order valence-corrected chi connectivity index (χ3v) is 4.07. The minimum Gasteiger partial charge on any atom is -0.486 e. The summed E-state index contributed by atoms with van der Waals surface area (Å²) in [5, 5.41) is 3.57. The molecule has 0 bridgehead atoms. The summed E-state index contributed by atoms with van der Waals surface area (Å²) in [7, 11) is 0. The summed E-state index contributed by atoms with van der Waals surface area (Å²) in [6.07, 6.45) is 0. The van der Waals surface area contributed by atoms with Gasteiger partial charge in [-0.2, -0.15) is 0 Å². The number of benzene rings is 1. The molecule has 0 unspecified atom stereocenters. The van der Waals surface area contributed by atoms with Crippen LogP contribution in [-0.4, -0.2) is 4.98 Å². The molecule has 0 fully saturated rings. The van der Waals surface area contributed by atoms with E-state index in [1.165, 1.54) is 11.3 Å². The van der Waals surface area contributed by atoms with Crippen LogP contribution in [0.25, 0.3) is 0 Å². The lowest BCUT2D eigenvalue weighted by Crippen LogP contribution is -2.00. The molecule has 2 N–H and O–H groups in total. The number of hydrogen-bond acceptors (Lipinski definition) is 5. The molecule has 0 radical (unpaired) electrons.